The first-order valence-corrected chi connectivity index (χ1v) is 6.52. The van der Waals surface area contributed by atoms with Gasteiger partial charge >= 0.3 is 0 Å². The van der Waals surface area contributed by atoms with Crippen molar-refractivity contribution < 1.29 is 13.5 Å². The van der Waals surface area contributed by atoms with Gasteiger partial charge in [0.2, 0.25) is 0 Å². The van der Waals surface area contributed by atoms with Crippen LogP contribution in [0.25, 0.3) is 0 Å². The fourth-order valence-corrected chi connectivity index (χ4v) is 1.91. The van der Waals surface area contributed by atoms with Gasteiger partial charge in [0, 0.05) is 25.1 Å². The summed E-state index contributed by atoms with van der Waals surface area (Å²) in [5, 5.41) is 8.95. The first-order chi connectivity index (χ1) is 6.68. The van der Waals surface area contributed by atoms with E-state index in [4.69, 9.17) is 5.11 Å². The van der Waals surface area contributed by atoms with Gasteiger partial charge in [-0.05, 0) is 5.92 Å². The smallest absolute Gasteiger partial charge is 0.276 e. The Labute approximate surface area is 92.4 Å². The Morgan fingerprint density at radius 3 is 2.20 bits per heavy atom. The summed E-state index contributed by atoms with van der Waals surface area (Å²) in [5.41, 5.74) is -0.438. The quantitative estimate of drug-likeness (QED) is 0.588. The van der Waals surface area contributed by atoms with Crippen molar-refractivity contribution in [3.8, 4) is 0 Å². The highest BCUT2D eigenvalue weighted by atomic mass is 32.2. The average Bonchev–Trinajstić information content (AvgIpc) is 2.13. The van der Waals surface area contributed by atoms with Gasteiger partial charge in [-0.15, -0.1) is 0 Å². The predicted octanol–water partition coefficient (Wildman–Crippen LogP) is 0.0849. The molecule has 0 fully saturated rings. The van der Waals surface area contributed by atoms with Crippen LogP contribution in [0.4, 0.5) is 0 Å². The van der Waals surface area contributed by atoms with Crippen molar-refractivity contribution in [1.29, 1.82) is 0 Å². The fraction of sp³-hybridized carbons (Fsp3) is 1.00. The minimum Gasteiger partial charge on any atom is -0.396 e. The molecule has 3 N–H and O–H groups in total. The van der Waals surface area contributed by atoms with E-state index in [1.807, 2.05) is 13.8 Å². The summed E-state index contributed by atoms with van der Waals surface area (Å²) in [4.78, 5) is 0. The highest BCUT2D eigenvalue weighted by Gasteiger charge is 2.19. The molecule has 0 aliphatic carbocycles. The first kappa shape index (κ1) is 14.8. The second-order valence-corrected chi connectivity index (χ2v) is 6.47. The molecular weight excluding hydrogens is 216 g/mol. The van der Waals surface area contributed by atoms with E-state index in [9.17, 15) is 8.42 Å². The summed E-state index contributed by atoms with van der Waals surface area (Å²) in [6.45, 7) is 8.02. The second kappa shape index (κ2) is 5.79. The summed E-state index contributed by atoms with van der Waals surface area (Å²) in [6, 6.07) is 0. The molecule has 0 aliphatic rings. The van der Waals surface area contributed by atoms with Crippen molar-refractivity contribution in [1.82, 2.24) is 9.44 Å². The molecule has 6 heteroatoms. The Kier molecular flexibility index (Phi) is 5.72. The number of hydrogen-bond donors (Lipinski definition) is 3. The molecule has 0 rings (SSSR count). The zero-order valence-corrected chi connectivity index (χ0v) is 10.7. The van der Waals surface area contributed by atoms with E-state index in [-0.39, 0.29) is 19.1 Å². The largest absolute Gasteiger partial charge is 0.396 e. The zero-order valence-electron chi connectivity index (χ0n) is 9.87. The highest BCUT2D eigenvalue weighted by Crippen LogP contribution is 2.11. The van der Waals surface area contributed by atoms with E-state index < -0.39 is 15.6 Å². The molecular formula is C9H22N2O3S. The van der Waals surface area contributed by atoms with Crippen molar-refractivity contribution >= 4 is 10.2 Å². The van der Waals surface area contributed by atoms with Crippen LogP contribution >= 0.6 is 0 Å². The molecule has 92 valence electrons. The number of nitrogens with one attached hydrogen (secondary N) is 2. The molecule has 0 spiro atoms. The van der Waals surface area contributed by atoms with Crippen LogP contribution in [0, 0.1) is 11.3 Å². The van der Waals surface area contributed by atoms with Crippen LogP contribution in [0.15, 0.2) is 0 Å². The monoisotopic (exact) mass is 238 g/mol. The molecule has 0 heterocycles. The average molecular weight is 238 g/mol. The summed E-state index contributed by atoms with van der Waals surface area (Å²) in [7, 11) is -3.43. The van der Waals surface area contributed by atoms with Gasteiger partial charge in [0.15, 0.2) is 0 Å². The van der Waals surface area contributed by atoms with Crippen LogP contribution < -0.4 is 9.44 Å². The van der Waals surface area contributed by atoms with Crippen molar-refractivity contribution in [2.45, 2.75) is 27.7 Å². The minimum atomic E-state index is -3.43. The molecule has 0 aliphatic heterocycles. The normalized spacial score (nSPS) is 13.5. The molecule has 0 amide bonds. The topological polar surface area (TPSA) is 78.4 Å². The standard InChI is InChI=1S/C9H22N2O3S/c1-8(2)5-10-15(13,14)11-6-9(3,4)7-12/h8,10-12H,5-7H2,1-4H3. The van der Waals surface area contributed by atoms with Gasteiger partial charge in [0.05, 0.1) is 0 Å². The van der Waals surface area contributed by atoms with Crippen molar-refractivity contribution in [3.63, 3.8) is 0 Å². The molecule has 0 aromatic carbocycles. The second-order valence-electron chi connectivity index (χ2n) is 4.89. The third kappa shape index (κ3) is 7.72. The number of aliphatic hydroxyl groups is 1. The third-order valence-electron chi connectivity index (χ3n) is 1.85. The van der Waals surface area contributed by atoms with Gasteiger partial charge in [-0.25, -0.2) is 9.44 Å². The van der Waals surface area contributed by atoms with Gasteiger partial charge in [-0.2, -0.15) is 8.42 Å². The molecule has 0 bridgehead atoms. The van der Waals surface area contributed by atoms with E-state index in [0.717, 1.165) is 0 Å². The fourth-order valence-electron chi connectivity index (χ4n) is 0.674. The Balaban J connectivity index is 4.05. The molecule has 0 aromatic rings. The van der Waals surface area contributed by atoms with Crippen LogP contribution in [0.3, 0.4) is 0 Å². The third-order valence-corrected chi connectivity index (χ3v) is 2.92. The van der Waals surface area contributed by atoms with Gasteiger partial charge in [0.1, 0.15) is 0 Å². The highest BCUT2D eigenvalue weighted by molar-refractivity contribution is 7.87. The van der Waals surface area contributed by atoms with Crippen LogP contribution in [-0.4, -0.2) is 33.2 Å². The van der Waals surface area contributed by atoms with E-state index in [1.165, 1.54) is 0 Å². The maximum Gasteiger partial charge on any atom is 0.276 e. The summed E-state index contributed by atoms with van der Waals surface area (Å²) in [6.07, 6.45) is 0. The number of hydrogen-bond acceptors (Lipinski definition) is 3. The SMILES string of the molecule is CC(C)CNS(=O)(=O)NCC(C)(C)CO. The molecule has 0 radical (unpaired) electrons. The van der Waals surface area contributed by atoms with Gasteiger partial charge < -0.3 is 5.11 Å². The lowest BCUT2D eigenvalue weighted by molar-refractivity contribution is 0.163. The van der Waals surface area contributed by atoms with Crippen molar-refractivity contribution in [2.75, 3.05) is 19.7 Å². The molecule has 0 atom stereocenters. The lowest BCUT2D eigenvalue weighted by atomic mass is 9.96. The first-order valence-electron chi connectivity index (χ1n) is 5.03. The number of aliphatic hydroxyl groups excluding tert-OH is 1. The minimum absolute atomic E-state index is 0.0559. The molecule has 0 unspecified atom stereocenters. The molecule has 0 saturated heterocycles. The van der Waals surface area contributed by atoms with Crippen LogP contribution in [0.2, 0.25) is 0 Å². The molecule has 0 saturated carbocycles. The molecule has 15 heavy (non-hydrogen) atoms. The lowest BCUT2D eigenvalue weighted by Gasteiger charge is -2.22. The van der Waals surface area contributed by atoms with Gasteiger partial charge in [0.25, 0.3) is 10.2 Å². The molecule has 5 nitrogen and oxygen atoms in total. The van der Waals surface area contributed by atoms with Crippen molar-refractivity contribution in [2.24, 2.45) is 11.3 Å². The summed E-state index contributed by atoms with van der Waals surface area (Å²) in [5.74, 6) is 0.271. The Morgan fingerprint density at radius 1 is 1.27 bits per heavy atom. The van der Waals surface area contributed by atoms with Gasteiger partial charge in [-0.3, -0.25) is 0 Å². The van der Waals surface area contributed by atoms with E-state index in [1.54, 1.807) is 13.8 Å². The number of rotatable bonds is 7. The Morgan fingerprint density at radius 2 is 1.80 bits per heavy atom. The Hall–Kier alpha value is -0.170. The van der Waals surface area contributed by atoms with Crippen LogP contribution in [0.1, 0.15) is 27.7 Å². The van der Waals surface area contributed by atoms with E-state index >= 15 is 0 Å². The lowest BCUT2D eigenvalue weighted by Crippen LogP contribution is -2.43. The summed E-state index contributed by atoms with van der Waals surface area (Å²) < 4.78 is 27.6. The van der Waals surface area contributed by atoms with Gasteiger partial charge in [-0.1, -0.05) is 27.7 Å². The Bertz CT molecular complexity index is 273. The van der Waals surface area contributed by atoms with Crippen LogP contribution in [-0.2, 0) is 10.2 Å². The predicted molar refractivity (Wildman–Crippen MR) is 60.6 cm³/mol. The zero-order chi connectivity index (χ0) is 12.1. The molecule has 0 aromatic heterocycles. The summed E-state index contributed by atoms with van der Waals surface area (Å²) >= 11 is 0. The maximum absolute atomic E-state index is 11.4. The van der Waals surface area contributed by atoms with Crippen molar-refractivity contribution in [3.05, 3.63) is 0 Å². The maximum atomic E-state index is 11.4. The van der Waals surface area contributed by atoms with Crippen LogP contribution in [0.5, 0.6) is 0 Å². The van der Waals surface area contributed by atoms with E-state index in [2.05, 4.69) is 9.44 Å². The van der Waals surface area contributed by atoms with E-state index in [0.29, 0.717) is 6.54 Å².